The average Bonchev–Trinajstić information content (AvgIpc) is 2.43. The fraction of sp³-hybridized carbons (Fsp3) is 0.438. The molecule has 0 fully saturated rings. The lowest BCUT2D eigenvalue weighted by molar-refractivity contribution is -0.150. The largest absolute Gasteiger partial charge is 0.458 e. The van der Waals surface area contributed by atoms with E-state index in [1.807, 2.05) is 0 Å². The van der Waals surface area contributed by atoms with Gasteiger partial charge in [-0.25, -0.2) is 4.79 Å². The number of urea groups is 1. The van der Waals surface area contributed by atoms with Crippen LogP contribution in [0.15, 0.2) is 24.3 Å². The predicted molar refractivity (Wildman–Crippen MR) is 87.0 cm³/mol. The van der Waals surface area contributed by atoms with Gasteiger partial charge in [0.05, 0.1) is 12.5 Å². The highest BCUT2D eigenvalue weighted by molar-refractivity contribution is 6.30. The van der Waals surface area contributed by atoms with Crippen LogP contribution in [0.5, 0.6) is 0 Å². The fourth-order valence-electron chi connectivity index (χ4n) is 1.71. The smallest absolute Gasteiger partial charge is 0.312 e. The van der Waals surface area contributed by atoms with Crippen molar-refractivity contribution in [2.45, 2.75) is 33.2 Å². The van der Waals surface area contributed by atoms with E-state index < -0.39 is 23.5 Å². The summed E-state index contributed by atoms with van der Waals surface area (Å²) in [5.41, 5.74) is 5.21. The Labute approximate surface area is 140 Å². The molecule has 126 valence electrons. The first-order valence-corrected chi connectivity index (χ1v) is 7.47. The summed E-state index contributed by atoms with van der Waals surface area (Å²) < 4.78 is 4.98. The molecule has 0 unspecified atom stereocenters. The first kappa shape index (κ1) is 19.0. The number of hydrogen-bond acceptors (Lipinski definition) is 4. The van der Waals surface area contributed by atoms with Crippen LogP contribution < -0.4 is 11.1 Å². The molecule has 3 N–H and O–H groups in total. The minimum atomic E-state index is -0.761. The summed E-state index contributed by atoms with van der Waals surface area (Å²) in [5.74, 6) is -0.784. The zero-order chi connectivity index (χ0) is 17.6. The van der Waals surface area contributed by atoms with Gasteiger partial charge in [0.1, 0.15) is 0 Å². The minimum absolute atomic E-state index is 0.137. The molecule has 1 atom stereocenters. The lowest BCUT2D eigenvalue weighted by Gasteiger charge is -2.19. The Bertz CT molecular complexity index is 579. The van der Waals surface area contributed by atoms with E-state index in [4.69, 9.17) is 22.1 Å². The highest BCUT2D eigenvalue weighted by Gasteiger charge is 2.24. The van der Waals surface area contributed by atoms with E-state index in [2.05, 4.69) is 5.32 Å². The molecule has 7 heteroatoms. The monoisotopic (exact) mass is 340 g/mol. The number of nitrogens with one attached hydrogen (secondary N) is 1. The number of nitrogens with two attached hydrogens (primary N) is 1. The van der Waals surface area contributed by atoms with Gasteiger partial charge in [-0.3, -0.25) is 9.59 Å². The molecular formula is C16H21ClN2O4. The van der Waals surface area contributed by atoms with E-state index in [1.54, 1.807) is 45.0 Å². The van der Waals surface area contributed by atoms with Crippen LogP contribution in [0.2, 0.25) is 5.02 Å². The highest BCUT2D eigenvalue weighted by atomic mass is 35.5. The van der Waals surface area contributed by atoms with Crippen molar-refractivity contribution in [2.75, 3.05) is 6.61 Å². The maximum atomic E-state index is 11.9. The zero-order valence-corrected chi connectivity index (χ0v) is 14.1. The van der Waals surface area contributed by atoms with Crippen molar-refractivity contribution < 1.29 is 19.1 Å². The minimum Gasteiger partial charge on any atom is -0.458 e. The van der Waals surface area contributed by atoms with E-state index in [9.17, 15) is 14.4 Å². The molecule has 0 aliphatic carbocycles. The molecule has 2 amide bonds. The van der Waals surface area contributed by atoms with Crippen molar-refractivity contribution in [3.05, 3.63) is 34.9 Å². The van der Waals surface area contributed by atoms with Crippen molar-refractivity contribution >= 4 is 29.4 Å². The molecule has 23 heavy (non-hydrogen) atoms. The second-order valence-corrected chi connectivity index (χ2v) is 6.59. The topological polar surface area (TPSA) is 98.5 Å². The lowest BCUT2D eigenvalue weighted by atomic mass is 9.91. The molecule has 0 heterocycles. The van der Waals surface area contributed by atoms with Crippen LogP contribution in [-0.2, 0) is 14.3 Å². The van der Waals surface area contributed by atoms with Crippen LogP contribution in [-0.4, -0.2) is 24.4 Å². The molecule has 1 rings (SSSR count). The molecule has 6 nitrogen and oxygen atoms in total. The van der Waals surface area contributed by atoms with Gasteiger partial charge in [0.15, 0.2) is 12.4 Å². The molecule has 1 aromatic rings. The maximum absolute atomic E-state index is 11.9. The Morgan fingerprint density at radius 2 is 1.78 bits per heavy atom. The lowest BCUT2D eigenvalue weighted by Crippen LogP contribution is -2.35. The third-order valence-electron chi connectivity index (χ3n) is 3.16. The van der Waals surface area contributed by atoms with Gasteiger partial charge in [-0.15, -0.1) is 0 Å². The summed E-state index contributed by atoms with van der Waals surface area (Å²) in [6.07, 6.45) is -0.137. The molecule has 1 aromatic carbocycles. The molecule has 0 spiro atoms. The molecule has 0 aromatic heterocycles. The molecule has 0 saturated carbocycles. The van der Waals surface area contributed by atoms with Gasteiger partial charge in [0.25, 0.3) is 0 Å². The Morgan fingerprint density at radius 3 is 2.26 bits per heavy atom. The number of carbonyl (C=O) groups is 3. The number of carbonyl (C=O) groups excluding carboxylic acids is 3. The zero-order valence-electron chi connectivity index (χ0n) is 13.4. The summed E-state index contributed by atoms with van der Waals surface area (Å²) in [6.45, 7) is 4.93. The first-order valence-electron chi connectivity index (χ1n) is 7.10. The maximum Gasteiger partial charge on any atom is 0.312 e. The van der Waals surface area contributed by atoms with Crippen LogP contribution in [0.1, 0.15) is 38.8 Å². The number of amides is 2. The average molecular weight is 341 g/mol. The number of rotatable bonds is 6. The summed E-state index contributed by atoms with van der Waals surface area (Å²) in [4.78, 5) is 34.8. The van der Waals surface area contributed by atoms with Gasteiger partial charge in [-0.1, -0.05) is 44.5 Å². The SMILES string of the molecule is CC(C)(C)C(=O)COC(=O)C[C@H](NC(N)=O)c1ccc(Cl)cc1. The van der Waals surface area contributed by atoms with E-state index in [-0.39, 0.29) is 18.8 Å². The first-order chi connectivity index (χ1) is 10.6. The quantitative estimate of drug-likeness (QED) is 0.777. The van der Waals surface area contributed by atoms with Gasteiger partial charge in [0.2, 0.25) is 0 Å². The number of hydrogen-bond donors (Lipinski definition) is 2. The van der Waals surface area contributed by atoms with Crippen molar-refractivity contribution in [3.63, 3.8) is 0 Å². The number of ketones is 1. The van der Waals surface area contributed by atoms with Crippen LogP contribution in [0.4, 0.5) is 4.79 Å². The Balaban J connectivity index is 2.70. The number of primary amides is 1. The predicted octanol–water partition coefficient (Wildman–Crippen LogP) is 2.60. The fourth-order valence-corrected chi connectivity index (χ4v) is 1.83. The van der Waals surface area contributed by atoms with Gasteiger partial charge >= 0.3 is 12.0 Å². The number of halogens is 1. The van der Waals surface area contributed by atoms with Crippen molar-refractivity contribution in [1.29, 1.82) is 0 Å². The number of esters is 1. The molecule has 0 aliphatic rings. The number of ether oxygens (including phenoxy) is 1. The van der Waals surface area contributed by atoms with Crippen molar-refractivity contribution in [2.24, 2.45) is 11.1 Å². The van der Waals surface area contributed by atoms with Gasteiger partial charge in [0, 0.05) is 10.4 Å². The molecular weight excluding hydrogens is 320 g/mol. The van der Waals surface area contributed by atoms with Crippen molar-refractivity contribution in [3.8, 4) is 0 Å². The Kier molecular flexibility index (Phi) is 6.57. The molecule has 0 bridgehead atoms. The van der Waals surface area contributed by atoms with Crippen LogP contribution in [0, 0.1) is 5.41 Å². The van der Waals surface area contributed by atoms with E-state index in [1.165, 1.54) is 0 Å². The van der Waals surface area contributed by atoms with Crippen LogP contribution in [0.25, 0.3) is 0 Å². The second kappa shape index (κ2) is 7.97. The summed E-state index contributed by atoms with van der Waals surface area (Å²) in [6, 6.07) is 5.22. The summed E-state index contributed by atoms with van der Waals surface area (Å²) in [7, 11) is 0. The van der Waals surface area contributed by atoms with E-state index in [0.29, 0.717) is 10.6 Å². The third-order valence-corrected chi connectivity index (χ3v) is 3.41. The Hall–Kier alpha value is -2.08. The number of benzene rings is 1. The van der Waals surface area contributed by atoms with Gasteiger partial charge in [-0.05, 0) is 17.7 Å². The third kappa shape index (κ3) is 6.69. The molecule has 0 radical (unpaired) electrons. The van der Waals surface area contributed by atoms with E-state index >= 15 is 0 Å². The molecule has 0 saturated heterocycles. The molecule has 0 aliphatic heterocycles. The standard InChI is InChI=1S/C16H21ClN2O4/c1-16(2,3)13(20)9-23-14(21)8-12(19-15(18)22)10-4-6-11(17)7-5-10/h4-7,12H,8-9H2,1-3H3,(H3,18,19,22)/t12-/m0/s1. The highest BCUT2D eigenvalue weighted by Crippen LogP contribution is 2.20. The van der Waals surface area contributed by atoms with Crippen LogP contribution >= 0.6 is 11.6 Å². The second-order valence-electron chi connectivity index (χ2n) is 6.15. The van der Waals surface area contributed by atoms with E-state index in [0.717, 1.165) is 0 Å². The van der Waals surface area contributed by atoms with Gasteiger partial charge < -0.3 is 15.8 Å². The normalized spacial score (nSPS) is 12.3. The van der Waals surface area contributed by atoms with Crippen LogP contribution in [0.3, 0.4) is 0 Å². The number of Topliss-reactive ketones (excluding diaryl/α,β-unsaturated/α-hetero) is 1. The van der Waals surface area contributed by atoms with Crippen molar-refractivity contribution in [1.82, 2.24) is 5.32 Å². The summed E-state index contributed by atoms with van der Waals surface area (Å²) >= 11 is 5.81. The summed E-state index contributed by atoms with van der Waals surface area (Å²) in [5, 5.41) is 3.01. The Morgan fingerprint density at radius 1 is 1.22 bits per heavy atom. The van der Waals surface area contributed by atoms with Gasteiger partial charge in [-0.2, -0.15) is 0 Å².